The van der Waals surface area contributed by atoms with Crippen molar-refractivity contribution in [1.82, 2.24) is 0 Å². The van der Waals surface area contributed by atoms with Crippen LogP contribution in [0.5, 0.6) is 0 Å². The van der Waals surface area contributed by atoms with E-state index in [0.717, 1.165) is 30.1 Å². The fraction of sp³-hybridized carbons (Fsp3) is 0.692. The average molecular weight is 371 g/mol. The molecule has 0 radical (unpaired) electrons. The number of aryl methyl sites for hydroxylation is 1. The average Bonchev–Trinajstić information content (AvgIpc) is 2.72. The summed E-state index contributed by atoms with van der Waals surface area (Å²) in [4.78, 5) is 0. The minimum atomic E-state index is -0.120. The lowest BCUT2D eigenvalue weighted by Gasteiger charge is -2.37. The van der Waals surface area contributed by atoms with Crippen molar-refractivity contribution in [2.45, 2.75) is 90.4 Å². The van der Waals surface area contributed by atoms with Crippen LogP contribution in [0.2, 0.25) is 0 Å². The molecule has 1 aromatic rings. The molecule has 0 bridgehead atoms. The fourth-order valence-electron chi connectivity index (χ4n) is 5.39. The molecule has 3 rings (SSSR count). The lowest BCUT2D eigenvalue weighted by molar-refractivity contribution is 0.152. The van der Waals surface area contributed by atoms with Crippen LogP contribution in [0, 0.1) is 29.5 Å². The lowest BCUT2D eigenvalue weighted by Crippen LogP contribution is -2.25. The molecule has 0 aliphatic heterocycles. The van der Waals surface area contributed by atoms with E-state index in [4.69, 9.17) is 0 Å². The standard InChI is InChI=1S/C26H39F/c1-2-3-4-5-6-21-9-15-24(16-10-21)25-17-11-22(12-18-25)7-8-23-13-19-26(27)20-14-23/h5-6,13-14,19-22,24-25H,2-4,7-12,15-18H2,1H3/b6-5+/t21-,22?,24-,25?. The normalized spacial score (nSPS) is 29.3. The van der Waals surface area contributed by atoms with Crippen LogP contribution in [0.1, 0.15) is 89.5 Å². The smallest absolute Gasteiger partial charge is 0.123 e. The van der Waals surface area contributed by atoms with Crippen LogP contribution < -0.4 is 0 Å². The van der Waals surface area contributed by atoms with E-state index in [1.54, 1.807) is 12.1 Å². The first kappa shape index (κ1) is 20.6. The molecular formula is C26H39F. The Balaban J connectivity index is 1.32. The number of benzene rings is 1. The van der Waals surface area contributed by atoms with Crippen molar-refractivity contribution >= 4 is 0 Å². The molecule has 2 aliphatic carbocycles. The van der Waals surface area contributed by atoms with E-state index in [1.165, 1.54) is 82.6 Å². The molecule has 2 aliphatic rings. The summed E-state index contributed by atoms with van der Waals surface area (Å²) < 4.78 is 13.0. The molecule has 0 atom stereocenters. The summed E-state index contributed by atoms with van der Waals surface area (Å²) in [7, 11) is 0. The van der Waals surface area contributed by atoms with Crippen LogP contribution in [0.25, 0.3) is 0 Å². The summed E-state index contributed by atoms with van der Waals surface area (Å²) >= 11 is 0. The van der Waals surface area contributed by atoms with Gasteiger partial charge in [-0.05, 0) is 99.2 Å². The van der Waals surface area contributed by atoms with Crippen molar-refractivity contribution in [2.75, 3.05) is 0 Å². The van der Waals surface area contributed by atoms with Gasteiger partial charge in [-0.1, -0.05) is 56.9 Å². The monoisotopic (exact) mass is 370 g/mol. The van der Waals surface area contributed by atoms with Crippen molar-refractivity contribution in [2.24, 2.45) is 23.7 Å². The molecule has 0 unspecified atom stereocenters. The Morgan fingerprint density at radius 3 is 2.15 bits per heavy atom. The van der Waals surface area contributed by atoms with Crippen LogP contribution in [-0.2, 0) is 6.42 Å². The lowest BCUT2D eigenvalue weighted by atomic mass is 9.68. The molecule has 27 heavy (non-hydrogen) atoms. The van der Waals surface area contributed by atoms with Crippen LogP contribution in [0.15, 0.2) is 36.4 Å². The summed E-state index contributed by atoms with van der Waals surface area (Å²) in [5.41, 5.74) is 1.30. The first-order chi connectivity index (χ1) is 13.2. The molecule has 0 N–H and O–H groups in total. The minimum Gasteiger partial charge on any atom is -0.207 e. The van der Waals surface area contributed by atoms with Crippen LogP contribution >= 0.6 is 0 Å². The molecule has 150 valence electrons. The first-order valence-electron chi connectivity index (χ1n) is 11.7. The maximum absolute atomic E-state index is 13.0. The van der Waals surface area contributed by atoms with E-state index in [0.29, 0.717) is 0 Å². The number of hydrogen-bond acceptors (Lipinski definition) is 0. The Morgan fingerprint density at radius 1 is 0.889 bits per heavy atom. The van der Waals surface area contributed by atoms with Gasteiger partial charge in [0.2, 0.25) is 0 Å². The predicted molar refractivity (Wildman–Crippen MR) is 114 cm³/mol. The van der Waals surface area contributed by atoms with Crippen LogP contribution in [0.3, 0.4) is 0 Å². The second kappa shape index (κ2) is 11.0. The Hall–Kier alpha value is -1.11. The highest BCUT2D eigenvalue weighted by Crippen LogP contribution is 2.42. The maximum Gasteiger partial charge on any atom is 0.123 e. The van der Waals surface area contributed by atoms with Gasteiger partial charge in [0.15, 0.2) is 0 Å². The van der Waals surface area contributed by atoms with Gasteiger partial charge in [-0.3, -0.25) is 0 Å². The summed E-state index contributed by atoms with van der Waals surface area (Å²) in [5, 5.41) is 0. The molecule has 1 aromatic carbocycles. The summed E-state index contributed by atoms with van der Waals surface area (Å²) in [6, 6.07) is 7.11. The van der Waals surface area contributed by atoms with E-state index < -0.39 is 0 Å². The van der Waals surface area contributed by atoms with E-state index in [2.05, 4.69) is 19.1 Å². The van der Waals surface area contributed by atoms with E-state index >= 15 is 0 Å². The molecule has 0 saturated heterocycles. The van der Waals surface area contributed by atoms with E-state index in [-0.39, 0.29) is 5.82 Å². The zero-order valence-corrected chi connectivity index (χ0v) is 17.3. The second-order valence-corrected chi connectivity index (χ2v) is 9.19. The largest absolute Gasteiger partial charge is 0.207 e. The highest BCUT2D eigenvalue weighted by atomic mass is 19.1. The maximum atomic E-state index is 13.0. The summed E-state index contributed by atoms with van der Waals surface area (Å²) in [6.45, 7) is 2.27. The molecule has 2 fully saturated rings. The van der Waals surface area contributed by atoms with Gasteiger partial charge in [0.25, 0.3) is 0 Å². The molecule has 0 aromatic heterocycles. The SMILES string of the molecule is CCCC/C=C/[C@H]1CC[C@H](C2CCC(CCc3ccc(F)cc3)CC2)CC1. The van der Waals surface area contributed by atoms with Gasteiger partial charge in [0, 0.05) is 0 Å². The Labute approximate surface area is 166 Å². The third kappa shape index (κ3) is 6.77. The van der Waals surface area contributed by atoms with Crippen LogP contribution in [0.4, 0.5) is 4.39 Å². The third-order valence-corrected chi connectivity index (χ3v) is 7.26. The van der Waals surface area contributed by atoms with E-state index in [1.807, 2.05) is 12.1 Å². The summed E-state index contributed by atoms with van der Waals surface area (Å²) in [6.07, 6.45) is 22.8. The third-order valence-electron chi connectivity index (χ3n) is 7.26. The van der Waals surface area contributed by atoms with Gasteiger partial charge in [-0.25, -0.2) is 4.39 Å². The zero-order chi connectivity index (χ0) is 18.9. The van der Waals surface area contributed by atoms with Crippen molar-refractivity contribution in [3.63, 3.8) is 0 Å². The van der Waals surface area contributed by atoms with Gasteiger partial charge in [0.05, 0.1) is 0 Å². The highest BCUT2D eigenvalue weighted by Gasteiger charge is 2.30. The van der Waals surface area contributed by atoms with Crippen molar-refractivity contribution in [3.05, 3.63) is 47.8 Å². The Kier molecular flexibility index (Phi) is 8.42. The predicted octanol–water partition coefficient (Wildman–Crippen LogP) is 8.12. The van der Waals surface area contributed by atoms with E-state index in [9.17, 15) is 4.39 Å². The second-order valence-electron chi connectivity index (χ2n) is 9.19. The van der Waals surface area contributed by atoms with Crippen molar-refractivity contribution < 1.29 is 4.39 Å². The van der Waals surface area contributed by atoms with Gasteiger partial charge in [-0.2, -0.15) is 0 Å². The molecule has 1 heteroatoms. The number of hydrogen-bond donors (Lipinski definition) is 0. The summed E-state index contributed by atoms with van der Waals surface area (Å²) in [5.74, 6) is 3.64. The Bertz CT molecular complexity index is 542. The van der Waals surface area contributed by atoms with Crippen molar-refractivity contribution in [1.29, 1.82) is 0 Å². The van der Waals surface area contributed by atoms with Gasteiger partial charge in [0.1, 0.15) is 5.82 Å². The van der Waals surface area contributed by atoms with Gasteiger partial charge < -0.3 is 0 Å². The zero-order valence-electron chi connectivity index (χ0n) is 17.3. The minimum absolute atomic E-state index is 0.120. The first-order valence-corrected chi connectivity index (χ1v) is 11.7. The molecule has 0 heterocycles. The molecule has 0 amide bonds. The van der Waals surface area contributed by atoms with Gasteiger partial charge >= 0.3 is 0 Å². The molecule has 2 saturated carbocycles. The number of rotatable bonds is 8. The number of unbranched alkanes of at least 4 members (excludes halogenated alkanes) is 2. The quantitative estimate of drug-likeness (QED) is 0.320. The number of allylic oxidation sites excluding steroid dienone is 2. The highest BCUT2D eigenvalue weighted by molar-refractivity contribution is 5.16. The van der Waals surface area contributed by atoms with Crippen molar-refractivity contribution in [3.8, 4) is 0 Å². The van der Waals surface area contributed by atoms with Crippen LogP contribution in [-0.4, -0.2) is 0 Å². The Morgan fingerprint density at radius 2 is 1.52 bits per heavy atom. The topological polar surface area (TPSA) is 0 Å². The number of halogens is 1. The fourth-order valence-corrected chi connectivity index (χ4v) is 5.39. The molecule has 0 spiro atoms. The molecule has 0 nitrogen and oxygen atoms in total. The van der Waals surface area contributed by atoms with Gasteiger partial charge in [-0.15, -0.1) is 0 Å². The molecular weight excluding hydrogens is 331 g/mol.